The van der Waals surface area contributed by atoms with Gasteiger partial charge in [0.2, 0.25) is 0 Å². The van der Waals surface area contributed by atoms with Crippen LogP contribution in [0.1, 0.15) is 43.4 Å². The van der Waals surface area contributed by atoms with Crippen molar-refractivity contribution in [1.29, 1.82) is 5.26 Å². The summed E-state index contributed by atoms with van der Waals surface area (Å²) in [4.78, 5) is 27.3. The lowest BCUT2D eigenvalue weighted by Gasteiger charge is -2.41. The number of nitriles is 1. The molecule has 1 aromatic rings. The first-order chi connectivity index (χ1) is 17.1. The van der Waals surface area contributed by atoms with Crippen molar-refractivity contribution < 1.29 is 19.4 Å². The highest BCUT2D eigenvalue weighted by atomic mass is 16.5. The van der Waals surface area contributed by atoms with Gasteiger partial charge >= 0.3 is 12.1 Å². The SMILES string of the molecule is N#CCC1CN(c2nc(OC3CCN(C4CCOCC4)CC3)nc3c2CCNC3)CCN1C(=O)O. The van der Waals surface area contributed by atoms with Crippen LogP contribution >= 0.6 is 0 Å². The van der Waals surface area contributed by atoms with Gasteiger partial charge in [0.05, 0.1) is 24.2 Å². The van der Waals surface area contributed by atoms with Crippen molar-refractivity contribution in [3.05, 3.63) is 11.3 Å². The summed E-state index contributed by atoms with van der Waals surface area (Å²) in [6.07, 6.45) is 4.21. The molecule has 2 N–H and O–H groups in total. The number of fused-ring (bicyclic) bond motifs is 1. The van der Waals surface area contributed by atoms with E-state index in [1.165, 1.54) is 4.90 Å². The van der Waals surface area contributed by atoms with Crippen LogP contribution in [-0.4, -0.2) is 102 Å². The van der Waals surface area contributed by atoms with Crippen LogP contribution in [0.15, 0.2) is 0 Å². The lowest BCUT2D eigenvalue weighted by molar-refractivity contribution is 0.00868. The van der Waals surface area contributed by atoms with Gasteiger partial charge in [-0.3, -0.25) is 4.90 Å². The minimum atomic E-state index is -0.977. The molecule has 0 aliphatic carbocycles. The Morgan fingerprint density at radius 3 is 2.71 bits per heavy atom. The lowest BCUT2D eigenvalue weighted by Crippen LogP contribution is -2.55. The molecule has 4 aliphatic heterocycles. The third kappa shape index (κ3) is 5.44. The van der Waals surface area contributed by atoms with E-state index in [1.807, 2.05) is 0 Å². The fraction of sp³-hybridized carbons (Fsp3) is 0.750. The summed E-state index contributed by atoms with van der Waals surface area (Å²) in [6.45, 7) is 6.59. The number of piperazine rings is 1. The molecule has 0 radical (unpaired) electrons. The van der Waals surface area contributed by atoms with Crippen LogP contribution in [0.4, 0.5) is 10.6 Å². The Labute approximate surface area is 206 Å². The first kappa shape index (κ1) is 24.0. The van der Waals surface area contributed by atoms with Crippen LogP contribution in [-0.2, 0) is 17.7 Å². The Kier molecular flexibility index (Phi) is 7.51. The van der Waals surface area contributed by atoms with E-state index in [0.717, 1.165) is 82.0 Å². The Balaban J connectivity index is 1.29. The molecule has 3 fully saturated rings. The van der Waals surface area contributed by atoms with Gasteiger partial charge in [0, 0.05) is 64.1 Å². The molecule has 190 valence electrons. The van der Waals surface area contributed by atoms with Gasteiger partial charge in [-0.25, -0.2) is 4.79 Å². The number of carboxylic acid groups (broad SMARTS) is 1. The van der Waals surface area contributed by atoms with Crippen molar-refractivity contribution in [3.63, 3.8) is 0 Å². The van der Waals surface area contributed by atoms with E-state index in [1.54, 1.807) is 0 Å². The number of anilines is 1. The van der Waals surface area contributed by atoms with Crippen molar-refractivity contribution in [2.75, 3.05) is 57.4 Å². The fourth-order valence-electron chi connectivity index (χ4n) is 5.77. The molecule has 0 bridgehead atoms. The number of likely N-dealkylation sites (tertiary alicyclic amines) is 1. The monoisotopic (exact) mass is 485 g/mol. The molecule has 11 heteroatoms. The van der Waals surface area contributed by atoms with Gasteiger partial charge in [0.15, 0.2) is 0 Å². The Morgan fingerprint density at radius 1 is 1.17 bits per heavy atom. The normalized spacial score (nSPS) is 24.6. The number of amides is 1. The summed E-state index contributed by atoms with van der Waals surface area (Å²) >= 11 is 0. The van der Waals surface area contributed by atoms with Gasteiger partial charge in [-0.15, -0.1) is 0 Å². The number of nitrogens with one attached hydrogen (secondary N) is 1. The Morgan fingerprint density at radius 2 is 1.97 bits per heavy atom. The molecule has 0 saturated carbocycles. The van der Waals surface area contributed by atoms with E-state index in [4.69, 9.17) is 19.4 Å². The quantitative estimate of drug-likeness (QED) is 0.628. The molecule has 1 atom stereocenters. The smallest absolute Gasteiger partial charge is 0.407 e. The van der Waals surface area contributed by atoms with Crippen LogP contribution < -0.4 is 15.0 Å². The summed E-state index contributed by atoms with van der Waals surface area (Å²) in [6, 6.07) is 2.79. The Hall–Kier alpha value is -2.68. The molecule has 1 aromatic heterocycles. The first-order valence-corrected chi connectivity index (χ1v) is 12.8. The second-order valence-corrected chi connectivity index (χ2v) is 9.82. The molecule has 5 heterocycles. The van der Waals surface area contributed by atoms with Gasteiger partial charge in [0.1, 0.15) is 11.9 Å². The first-order valence-electron chi connectivity index (χ1n) is 12.8. The second kappa shape index (κ2) is 10.9. The number of hydrogen-bond acceptors (Lipinski definition) is 9. The van der Waals surface area contributed by atoms with Gasteiger partial charge in [-0.2, -0.15) is 15.2 Å². The molecule has 3 saturated heterocycles. The molecule has 5 rings (SSSR count). The Bertz CT molecular complexity index is 941. The predicted molar refractivity (Wildman–Crippen MR) is 127 cm³/mol. The van der Waals surface area contributed by atoms with Crippen molar-refractivity contribution in [2.24, 2.45) is 0 Å². The topological polar surface area (TPSA) is 127 Å². The van der Waals surface area contributed by atoms with Crippen molar-refractivity contribution in [2.45, 2.75) is 63.3 Å². The fourth-order valence-corrected chi connectivity index (χ4v) is 5.77. The van der Waals surface area contributed by atoms with E-state index in [2.05, 4.69) is 21.2 Å². The third-order valence-corrected chi connectivity index (χ3v) is 7.71. The van der Waals surface area contributed by atoms with Crippen LogP contribution in [0.3, 0.4) is 0 Å². The summed E-state index contributed by atoms with van der Waals surface area (Å²) in [7, 11) is 0. The number of hydrogen-bond donors (Lipinski definition) is 2. The molecule has 11 nitrogen and oxygen atoms in total. The molecule has 0 spiro atoms. The predicted octanol–water partition coefficient (Wildman–Crippen LogP) is 1.23. The third-order valence-electron chi connectivity index (χ3n) is 7.71. The number of ether oxygens (including phenoxy) is 2. The zero-order valence-corrected chi connectivity index (χ0v) is 20.2. The van der Waals surface area contributed by atoms with E-state index in [0.29, 0.717) is 38.2 Å². The minimum absolute atomic E-state index is 0.0868. The maximum atomic E-state index is 11.6. The van der Waals surface area contributed by atoms with E-state index in [9.17, 15) is 15.2 Å². The van der Waals surface area contributed by atoms with Crippen molar-refractivity contribution >= 4 is 11.9 Å². The van der Waals surface area contributed by atoms with Gasteiger partial charge in [-0.1, -0.05) is 0 Å². The van der Waals surface area contributed by atoms with Crippen LogP contribution in [0.25, 0.3) is 0 Å². The molecule has 1 unspecified atom stereocenters. The molecular weight excluding hydrogens is 450 g/mol. The highest BCUT2D eigenvalue weighted by molar-refractivity contribution is 5.66. The maximum absolute atomic E-state index is 11.6. The van der Waals surface area contributed by atoms with E-state index < -0.39 is 6.09 Å². The molecule has 4 aliphatic rings. The van der Waals surface area contributed by atoms with E-state index in [-0.39, 0.29) is 18.6 Å². The van der Waals surface area contributed by atoms with Gasteiger partial charge < -0.3 is 29.7 Å². The van der Waals surface area contributed by atoms with Crippen molar-refractivity contribution in [1.82, 2.24) is 25.1 Å². The van der Waals surface area contributed by atoms with Gasteiger partial charge in [0.25, 0.3) is 0 Å². The number of nitrogens with zero attached hydrogens (tertiary/aromatic N) is 6. The van der Waals surface area contributed by atoms with Crippen LogP contribution in [0, 0.1) is 11.3 Å². The molecule has 0 aromatic carbocycles. The van der Waals surface area contributed by atoms with Crippen LogP contribution in [0.5, 0.6) is 6.01 Å². The summed E-state index contributed by atoms with van der Waals surface area (Å²) < 4.78 is 11.8. The largest absolute Gasteiger partial charge is 0.465 e. The zero-order valence-electron chi connectivity index (χ0n) is 20.2. The zero-order chi connectivity index (χ0) is 24.2. The van der Waals surface area contributed by atoms with Crippen molar-refractivity contribution in [3.8, 4) is 12.1 Å². The maximum Gasteiger partial charge on any atom is 0.407 e. The highest BCUT2D eigenvalue weighted by Gasteiger charge is 2.34. The number of rotatable bonds is 5. The number of aromatic nitrogens is 2. The number of piperidine rings is 1. The minimum Gasteiger partial charge on any atom is -0.465 e. The molecule has 35 heavy (non-hydrogen) atoms. The van der Waals surface area contributed by atoms with Crippen LogP contribution in [0.2, 0.25) is 0 Å². The summed E-state index contributed by atoms with van der Waals surface area (Å²) in [5.41, 5.74) is 2.05. The second-order valence-electron chi connectivity index (χ2n) is 9.82. The highest BCUT2D eigenvalue weighted by Crippen LogP contribution is 2.30. The summed E-state index contributed by atoms with van der Waals surface area (Å²) in [5.74, 6) is 0.833. The standard InChI is InChI=1S/C24H35N7O4/c25-7-1-18-16-30(11-12-31(18)24(32)33)22-20-2-8-26-15-21(20)27-23(28-22)35-19-3-9-29(10-4-19)17-5-13-34-14-6-17/h17-19,26H,1-6,8-16H2,(H,32,33). The number of carbonyl (C=O) groups is 1. The van der Waals surface area contributed by atoms with Gasteiger partial charge in [-0.05, 0) is 38.6 Å². The molecular formula is C24H35N7O4. The lowest BCUT2D eigenvalue weighted by atomic mass is 10.0. The summed E-state index contributed by atoms with van der Waals surface area (Å²) in [5, 5.41) is 22.2. The average Bonchev–Trinajstić information content (AvgIpc) is 2.89. The molecule has 1 amide bonds. The van der Waals surface area contributed by atoms with E-state index >= 15 is 0 Å². The average molecular weight is 486 g/mol.